The molecule has 2 atom stereocenters. The minimum atomic E-state index is 0.0370. The van der Waals surface area contributed by atoms with Gasteiger partial charge in [-0.3, -0.25) is 0 Å². The Bertz CT molecular complexity index is 125. The lowest BCUT2D eigenvalue weighted by molar-refractivity contribution is 0.0489. The molecule has 0 spiro atoms. The molecular formula is C7H14N2O. The monoisotopic (exact) mass is 142 g/mol. The first-order valence-corrected chi connectivity index (χ1v) is 3.75. The summed E-state index contributed by atoms with van der Waals surface area (Å²) < 4.78 is 5.47. The van der Waals surface area contributed by atoms with E-state index in [1.54, 1.807) is 0 Å². The summed E-state index contributed by atoms with van der Waals surface area (Å²) in [7, 11) is 0. The van der Waals surface area contributed by atoms with Gasteiger partial charge < -0.3 is 10.5 Å². The number of nitrogens with zero attached hydrogens (tertiary/aromatic N) is 1. The van der Waals surface area contributed by atoms with Crippen molar-refractivity contribution in [3.05, 3.63) is 0 Å². The Balaban J connectivity index is 2.28. The minimum absolute atomic E-state index is 0.0370. The first-order valence-electron chi connectivity index (χ1n) is 3.75. The molecule has 1 saturated heterocycles. The number of rotatable bonds is 2. The number of hydrogen-bond acceptors (Lipinski definition) is 2. The first kappa shape index (κ1) is 7.54. The zero-order valence-corrected chi connectivity index (χ0v) is 6.29. The van der Waals surface area contributed by atoms with Crippen LogP contribution >= 0.6 is 0 Å². The summed E-state index contributed by atoms with van der Waals surface area (Å²) in [6.07, 6.45) is 4.99. The molecule has 2 unspecified atom stereocenters. The molecule has 1 aliphatic rings. The topological polar surface area (TPSA) is 47.6 Å². The molecule has 3 heteroatoms. The Hall–Kier alpha value is -0.570. The number of nitrogens with two attached hydrogens (primary N) is 1. The lowest BCUT2D eigenvalue weighted by Gasteiger charge is -2.06. The predicted octanol–water partition coefficient (Wildman–Crippen LogP) is 0.889. The molecule has 0 saturated carbocycles. The third kappa shape index (κ3) is 1.70. The number of hydrogen-bond donors (Lipinski definition) is 1. The first-order chi connectivity index (χ1) is 4.86. The molecule has 0 amide bonds. The lowest BCUT2D eigenvalue weighted by atomic mass is 10.2. The molecule has 0 bridgehead atoms. The molecule has 0 aromatic rings. The largest absolute Gasteiger partial charge is 0.390 e. The Kier molecular flexibility index (Phi) is 2.68. The highest BCUT2D eigenvalue weighted by molar-refractivity contribution is 5.51. The summed E-state index contributed by atoms with van der Waals surface area (Å²) in [5.41, 5.74) is 5.12. The van der Waals surface area contributed by atoms with E-state index in [1.165, 1.54) is 6.34 Å². The molecule has 0 radical (unpaired) electrons. The van der Waals surface area contributed by atoms with Crippen molar-refractivity contribution < 1.29 is 4.74 Å². The molecule has 0 aliphatic carbocycles. The van der Waals surface area contributed by atoms with E-state index in [-0.39, 0.29) is 6.23 Å². The fourth-order valence-corrected chi connectivity index (χ4v) is 1.19. The van der Waals surface area contributed by atoms with Crippen molar-refractivity contribution in [2.45, 2.75) is 38.5 Å². The zero-order chi connectivity index (χ0) is 7.40. The maximum atomic E-state index is 5.47. The van der Waals surface area contributed by atoms with E-state index in [0.717, 1.165) is 19.3 Å². The summed E-state index contributed by atoms with van der Waals surface area (Å²) in [5.74, 6) is 0. The van der Waals surface area contributed by atoms with E-state index in [4.69, 9.17) is 10.5 Å². The second-order valence-electron chi connectivity index (χ2n) is 2.50. The summed E-state index contributed by atoms with van der Waals surface area (Å²) in [5, 5.41) is 0. The third-order valence-electron chi connectivity index (χ3n) is 1.79. The van der Waals surface area contributed by atoms with Crippen LogP contribution in [0, 0.1) is 0 Å². The molecule has 1 rings (SSSR count). The third-order valence-corrected chi connectivity index (χ3v) is 1.79. The average molecular weight is 142 g/mol. The SMILES string of the molecule is CCC1CCC(N=CN)O1. The van der Waals surface area contributed by atoms with E-state index in [0.29, 0.717) is 6.10 Å². The zero-order valence-electron chi connectivity index (χ0n) is 6.29. The molecule has 1 aliphatic heterocycles. The summed E-state index contributed by atoms with van der Waals surface area (Å²) >= 11 is 0. The van der Waals surface area contributed by atoms with Crippen LogP contribution in [0.1, 0.15) is 26.2 Å². The lowest BCUT2D eigenvalue weighted by Crippen LogP contribution is -2.08. The van der Waals surface area contributed by atoms with Gasteiger partial charge in [-0.2, -0.15) is 0 Å². The molecule has 2 N–H and O–H groups in total. The fourth-order valence-electron chi connectivity index (χ4n) is 1.19. The van der Waals surface area contributed by atoms with Gasteiger partial charge in [-0.1, -0.05) is 6.92 Å². The van der Waals surface area contributed by atoms with E-state index in [9.17, 15) is 0 Å². The van der Waals surface area contributed by atoms with Crippen LogP contribution in [-0.2, 0) is 4.74 Å². The van der Waals surface area contributed by atoms with Crippen molar-refractivity contribution in [2.75, 3.05) is 0 Å². The van der Waals surface area contributed by atoms with E-state index < -0.39 is 0 Å². The van der Waals surface area contributed by atoms with Gasteiger partial charge in [0.2, 0.25) is 0 Å². The van der Waals surface area contributed by atoms with Crippen LogP contribution < -0.4 is 5.73 Å². The highest BCUT2D eigenvalue weighted by Crippen LogP contribution is 2.21. The second kappa shape index (κ2) is 3.56. The van der Waals surface area contributed by atoms with Crippen LogP contribution in [0.3, 0.4) is 0 Å². The van der Waals surface area contributed by atoms with Crippen LogP contribution in [0.15, 0.2) is 4.99 Å². The average Bonchev–Trinajstić information content (AvgIpc) is 2.37. The van der Waals surface area contributed by atoms with Gasteiger partial charge in [0.05, 0.1) is 12.4 Å². The molecule has 0 aromatic heterocycles. The highest BCUT2D eigenvalue weighted by Gasteiger charge is 2.22. The van der Waals surface area contributed by atoms with Crippen molar-refractivity contribution in [1.29, 1.82) is 0 Å². The van der Waals surface area contributed by atoms with Gasteiger partial charge in [-0.05, 0) is 19.3 Å². The second-order valence-corrected chi connectivity index (χ2v) is 2.50. The predicted molar refractivity (Wildman–Crippen MR) is 40.9 cm³/mol. The Labute approximate surface area is 61.3 Å². The molecule has 1 heterocycles. The standard InChI is InChI=1S/C7H14N2O/c1-2-6-3-4-7(10-6)9-5-8/h5-7H,2-4H2,1H3,(H2,8,9). The Morgan fingerprint density at radius 3 is 3.00 bits per heavy atom. The van der Waals surface area contributed by atoms with Crippen molar-refractivity contribution in [3.63, 3.8) is 0 Å². The van der Waals surface area contributed by atoms with Gasteiger partial charge in [-0.15, -0.1) is 0 Å². The Morgan fingerprint density at radius 2 is 2.50 bits per heavy atom. The van der Waals surface area contributed by atoms with Crippen LogP contribution in [0.5, 0.6) is 0 Å². The van der Waals surface area contributed by atoms with Crippen LogP contribution in [0.2, 0.25) is 0 Å². The maximum Gasteiger partial charge on any atom is 0.150 e. The van der Waals surface area contributed by atoms with Gasteiger partial charge in [0.25, 0.3) is 0 Å². The quantitative estimate of drug-likeness (QED) is 0.459. The number of aliphatic imine (C=N–C) groups is 1. The summed E-state index contributed by atoms with van der Waals surface area (Å²) in [4.78, 5) is 3.95. The van der Waals surface area contributed by atoms with Crippen molar-refractivity contribution in [3.8, 4) is 0 Å². The smallest absolute Gasteiger partial charge is 0.150 e. The fraction of sp³-hybridized carbons (Fsp3) is 0.857. The normalized spacial score (nSPS) is 33.7. The minimum Gasteiger partial charge on any atom is -0.390 e. The summed E-state index contributed by atoms with van der Waals surface area (Å²) in [6, 6.07) is 0. The van der Waals surface area contributed by atoms with Gasteiger partial charge in [0.1, 0.15) is 6.23 Å². The van der Waals surface area contributed by atoms with Gasteiger partial charge in [-0.25, -0.2) is 4.99 Å². The molecule has 3 nitrogen and oxygen atoms in total. The van der Waals surface area contributed by atoms with Crippen molar-refractivity contribution in [1.82, 2.24) is 0 Å². The van der Waals surface area contributed by atoms with Crippen LogP contribution in [0.4, 0.5) is 0 Å². The summed E-state index contributed by atoms with van der Waals surface area (Å²) in [6.45, 7) is 2.12. The van der Waals surface area contributed by atoms with E-state index in [2.05, 4.69) is 11.9 Å². The maximum absolute atomic E-state index is 5.47. The van der Waals surface area contributed by atoms with Crippen molar-refractivity contribution in [2.24, 2.45) is 10.7 Å². The molecular weight excluding hydrogens is 128 g/mol. The molecule has 10 heavy (non-hydrogen) atoms. The van der Waals surface area contributed by atoms with E-state index >= 15 is 0 Å². The highest BCUT2D eigenvalue weighted by atomic mass is 16.5. The molecule has 1 fully saturated rings. The number of ether oxygens (including phenoxy) is 1. The van der Waals surface area contributed by atoms with Gasteiger partial charge in [0, 0.05) is 0 Å². The molecule has 0 aromatic carbocycles. The Morgan fingerprint density at radius 1 is 1.70 bits per heavy atom. The van der Waals surface area contributed by atoms with Gasteiger partial charge >= 0.3 is 0 Å². The molecule has 58 valence electrons. The van der Waals surface area contributed by atoms with E-state index in [1.807, 2.05) is 0 Å². The van der Waals surface area contributed by atoms with Crippen LogP contribution in [0.25, 0.3) is 0 Å². The van der Waals surface area contributed by atoms with Crippen LogP contribution in [-0.4, -0.2) is 18.7 Å². The van der Waals surface area contributed by atoms with Crippen molar-refractivity contribution >= 4 is 6.34 Å². The van der Waals surface area contributed by atoms with Gasteiger partial charge in [0.15, 0.2) is 0 Å².